The highest BCUT2D eigenvalue weighted by molar-refractivity contribution is 7.89. The fraction of sp³-hybridized carbons (Fsp3) is 0.421. The topological polar surface area (TPSA) is 96.9 Å². The molecule has 29 heavy (non-hydrogen) atoms. The number of sulfonamides is 2. The second-order valence-electron chi connectivity index (χ2n) is 6.99. The van der Waals surface area contributed by atoms with Crippen molar-refractivity contribution in [1.82, 2.24) is 13.6 Å². The molecule has 0 radical (unpaired) electrons. The van der Waals surface area contributed by atoms with Gasteiger partial charge in [-0.25, -0.2) is 16.8 Å². The molecule has 1 saturated heterocycles. The van der Waals surface area contributed by atoms with E-state index in [9.17, 15) is 16.8 Å². The first-order valence-corrected chi connectivity index (χ1v) is 12.2. The maximum atomic E-state index is 13.2. The standard InChI is InChI=1S/C19H25N3O5S2/c1-16(2)22(15-17-4-3-9-20-14-17)29(25,26)19-7-5-18(6-8-19)28(23,24)21-10-12-27-13-11-21/h3-9,14,16H,10-13,15H2,1-2H3. The van der Waals surface area contributed by atoms with E-state index < -0.39 is 20.0 Å². The van der Waals surface area contributed by atoms with Crippen molar-refractivity contribution < 1.29 is 21.6 Å². The number of benzene rings is 1. The summed E-state index contributed by atoms with van der Waals surface area (Å²) in [7, 11) is -7.48. The number of ether oxygens (including phenoxy) is 1. The van der Waals surface area contributed by atoms with E-state index in [0.717, 1.165) is 5.56 Å². The van der Waals surface area contributed by atoms with Crippen LogP contribution in [0.15, 0.2) is 58.6 Å². The second kappa shape index (κ2) is 8.88. The van der Waals surface area contributed by atoms with Crippen molar-refractivity contribution in [3.8, 4) is 0 Å². The quantitative estimate of drug-likeness (QED) is 0.651. The highest BCUT2D eigenvalue weighted by atomic mass is 32.2. The van der Waals surface area contributed by atoms with Crippen LogP contribution in [0.1, 0.15) is 19.4 Å². The van der Waals surface area contributed by atoms with Gasteiger partial charge in [0.05, 0.1) is 23.0 Å². The first-order chi connectivity index (χ1) is 13.7. The van der Waals surface area contributed by atoms with Crippen LogP contribution >= 0.6 is 0 Å². The SMILES string of the molecule is CC(C)N(Cc1cccnc1)S(=O)(=O)c1ccc(S(=O)(=O)N2CCOCC2)cc1. The van der Waals surface area contributed by atoms with Crippen molar-refractivity contribution in [2.45, 2.75) is 36.2 Å². The van der Waals surface area contributed by atoms with Gasteiger partial charge in [0.25, 0.3) is 0 Å². The van der Waals surface area contributed by atoms with Gasteiger partial charge in [0.15, 0.2) is 0 Å². The Bertz CT molecular complexity index is 1020. The Morgan fingerprint density at radius 3 is 2.21 bits per heavy atom. The van der Waals surface area contributed by atoms with Crippen LogP contribution in [0.25, 0.3) is 0 Å². The molecule has 0 spiro atoms. The molecule has 10 heteroatoms. The van der Waals surface area contributed by atoms with Crippen molar-refractivity contribution in [3.63, 3.8) is 0 Å². The number of rotatable bonds is 7. The summed E-state index contributed by atoms with van der Waals surface area (Å²) in [5, 5.41) is 0. The predicted molar refractivity (Wildman–Crippen MR) is 108 cm³/mol. The van der Waals surface area contributed by atoms with E-state index in [1.807, 2.05) is 6.07 Å². The average molecular weight is 440 g/mol. The van der Waals surface area contributed by atoms with Gasteiger partial charge in [-0.2, -0.15) is 8.61 Å². The van der Waals surface area contributed by atoms with E-state index in [1.165, 1.54) is 32.9 Å². The van der Waals surface area contributed by atoms with Crippen molar-refractivity contribution in [1.29, 1.82) is 0 Å². The maximum Gasteiger partial charge on any atom is 0.243 e. The fourth-order valence-electron chi connectivity index (χ4n) is 3.07. The van der Waals surface area contributed by atoms with Crippen LogP contribution < -0.4 is 0 Å². The van der Waals surface area contributed by atoms with Crippen LogP contribution in [0.4, 0.5) is 0 Å². The third-order valence-corrected chi connectivity index (χ3v) is 8.62. The third kappa shape index (κ3) is 4.84. The van der Waals surface area contributed by atoms with Gasteiger partial charge in [0, 0.05) is 38.1 Å². The molecular formula is C19H25N3O5S2. The van der Waals surface area contributed by atoms with Crippen molar-refractivity contribution in [2.75, 3.05) is 26.3 Å². The van der Waals surface area contributed by atoms with Gasteiger partial charge in [-0.15, -0.1) is 0 Å². The van der Waals surface area contributed by atoms with Crippen LogP contribution in [0.5, 0.6) is 0 Å². The zero-order valence-corrected chi connectivity index (χ0v) is 18.1. The van der Waals surface area contributed by atoms with Crippen LogP contribution in [-0.2, 0) is 31.3 Å². The van der Waals surface area contributed by atoms with E-state index >= 15 is 0 Å². The van der Waals surface area contributed by atoms with Gasteiger partial charge in [-0.1, -0.05) is 6.07 Å². The molecule has 2 aromatic rings. The number of nitrogens with zero attached hydrogens (tertiary/aromatic N) is 3. The second-order valence-corrected chi connectivity index (χ2v) is 10.8. The molecule has 2 heterocycles. The summed E-state index contributed by atoms with van der Waals surface area (Å²) in [6.07, 6.45) is 3.26. The van der Waals surface area contributed by atoms with Crippen molar-refractivity contribution in [3.05, 3.63) is 54.4 Å². The molecule has 0 atom stereocenters. The Morgan fingerprint density at radius 1 is 1.03 bits per heavy atom. The summed E-state index contributed by atoms with van der Waals surface area (Å²) in [6, 6.07) is 8.68. The number of aromatic nitrogens is 1. The molecule has 1 aromatic heterocycles. The Kier molecular flexibility index (Phi) is 6.69. The molecule has 1 aliphatic heterocycles. The predicted octanol–water partition coefficient (Wildman–Crippen LogP) is 1.70. The maximum absolute atomic E-state index is 13.2. The van der Waals surface area contributed by atoms with Gasteiger partial charge < -0.3 is 4.74 Å². The normalized spacial score (nSPS) is 16.4. The van der Waals surface area contributed by atoms with Crippen molar-refractivity contribution in [2.24, 2.45) is 0 Å². The Hall–Kier alpha value is -1.85. The van der Waals surface area contributed by atoms with E-state index in [0.29, 0.717) is 13.2 Å². The lowest BCUT2D eigenvalue weighted by atomic mass is 10.2. The molecule has 0 N–H and O–H groups in total. The minimum atomic E-state index is -3.81. The Balaban J connectivity index is 1.86. The molecule has 1 aromatic carbocycles. The molecule has 0 saturated carbocycles. The zero-order chi connectivity index (χ0) is 21.1. The largest absolute Gasteiger partial charge is 0.379 e. The number of pyridine rings is 1. The summed E-state index contributed by atoms with van der Waals surface area (Å²) in [5.74, 6) is 0. The Morgan fingerprint density at radius 2 is 1.66 bits per heavy atom. The zero-order valence-electron chi connectivity index (χ0n) is 16.4. The lowest BCUT2D eigenvalue weighted by molar-refractivity contribution is 0.0730. The van der Waals surface area contributed by atoms with Crippen LogP contribution in [0.3, 0.4) is 0 Å². The van der Waals surface area contributed by atoms with Gasteiger partial charge >= 0.3 is 0 Å². The average Bonchev–Trinajstić information content (AvgIpc) is 2.73. The third-order valence-electron chi connectivity index (χ3n) is 4.68. The van der Waals surface area contributed by atoms with E-state index in [2.05, 4.69) is 4.98 Å². The molecule has 0 unspecified atom stereocenters. The van der Waals surface area contributed by atoms with Crippen molar-refractivity contribution >= 4 is 20.0 Å². The van der Waals surface area contributed by atoms with Crippen LogP contribution in [0, 0.1) is 0 Å². The van der Waals surface area contributed by atoms with E-state index in [1.54, 1.807) is 32.3 Å². The summed E-state index contributed by atoms with van der Waals surface area (Å²) < 4.78 is 59.7. The molecule has 158 valence electrons. The molecule has 0 bridgehead atoms. The minimum absolute atomic E-state index is 0.0519. The van der Waals surface area contributed by atoms with Gasteiger partial charge in [-0.3, -0.25) is 4.98 Å². The summed E-state index contributed by atoms with van der Waals surface area (Å²) in [6.45, 7) is 5.05. The smallest absolute Gasteiger partial charge is 0.243 e. The molecule has 0 aliphatic carbocycles. The highest BCUT2D eigenvalue weighted by Crippen LogP contribution is 2.24. The summed E-state index contributed by atoms with van der Waals surface area (Å²) in [4.78, 5) is 4.16. The lowest BCUT2D eigenvalue weighted by Crippen LogP contribution is -2.40. The summed E-state index contributed by atoms with van der Waals surface area (Å²) >= 11 is 0. The molecule has 3 rings (SSSR count). The molecule has 1 fully saturated rings. The van der Waals surface area contributed by atoms with E-state index in [-0.39, 0.29) is 35.5 Å². The van der Waals surface area contributed by atoms with Gasteiger partial charge in [0.2, 0.25) is 20.0 Å². The van der Waals surface area contributed by atoms with Gasteiger partial charge in [0.1, 0.15) is 0 Å². The van der Waals surface area contributed by atoms with Crippen LogP contribution in [0.2, 0.25) is 0 Å². The minimum Gasteiger partial charge on any atom is -0.379 e. The number of hydrogen-bond donors (Lipinski definition) is 0. The highest BCUT2D eigenvalue weighted by Gasteiger charge is 2.29. The molecular weight excluding hydrogens is 414 g/mol. The molecule has 8 nitrogen and oxygen atoms in total. The first-order valence-electron chi connectivity index (χ1n) is 9.31. The Labute approximate surface area is 172 Å². The number of hydrogen-bond acceptors (Lipinski definition) is 6. The molecule has 0 amide bonds. The number of morpholine rings is 1. The monoisotopic (exact) mass is 439 g/mol. The fourth-order valence-corrected chi connectivity index (χ4v) is 6.10. The van der Waals surface area contributed by atoms with Gasteiger partial charge in [-0.05, 0) is 49.7 Å². The molecule has 1 aliphatic rings. The lowest BCUT2D eigenvalue weighted by Gasteiger charge is -2.27. The van der Waals surface area contributed by atoms with Crippen LogP contribution in [-0.4, -0.2) is 62.8 Å². The first kappa shape index (κ1) is 21.8. The summed E-state index contributed by atoms with van der Waals surface area (Å²) in [5.41, 5.74) is 0.774. The van der Waals surface area contributed by atoms with E-state index in [4.69, 9.17) is 4.74 Å².